The topological polar surface area (TPSA) is 57.6 Å². The molecule has 1 aromatic rings. The summed E-state index contributed by atoms with van der Waals surface area (Å²) in [7, 11) is 0. The highest BCUT2D eigenvalue weighted by Gasteiger charge is 2.47. The minimum atomic E-state index is -0.969. The van der Waals surface area contributed by atoms with E-state index in [9.17, 15) is 23.5 Å². The molecule has 1 saturated heterocycles. The van der Waals surface area contributed by atoms with Crippen molar-refractivity contribution in [3.8, 4) is 0 Å². The van der Waals surface area contributed by atoms with E-state index in [1.54, 1.807) is 6.92 Å². The molecule has 1 aliphatic heterocycles. The SMILES string of the molecule is CC(CC(=O)N1C(C(=O)O)CC2CCCCC21)c1ccc(F)cc1F. The molecule has 1 heterocycles. The summed E-state index contributed by atoms with van der Waals surface area (Å²) in [6, 6.07) is 2.53. The van der Waals surface area contributed by atoms with E-state index in [0.29, 0.717) is 6.42 Å². The Kier molecular flexibility index (Phi) is 5.06. The number of nitrogens with zero attached hydrogens (tertiary/aromatic N) is 1. The number of carboxylic acids is 1. The minimum absolute atomic E-state index is 0.0207. The van der Waals surface area contributed by atoms with Crippen molar-refractivity contribution in [1.29, 1.82) is 0 Å². The lowest BCUT2D eigenvalue weighted by atomic mass is 9.84. The van der Waals surface area contributed by atoms with Gasteiger partial charge in [-0.2, -0.15) is 0 Å². The zero-order chi connectivity index (χ0) is 18.1. The van der Waals surface area contributed by atoms with E-state index in [2.05, 4.69) is 0 Å². The van der Waals surface area contributed by atoms with Crippen LogP contribution in [0.3, 0.4) is 0 Å². The van der Waals surface area contributed by atoms with Crippen molar-refractivity contribution in [2.45, 2.75) is 63.5 Å². The molecule has 4 unspecified atom stereocenters. The minimum Gasteiger partial charge on any atom is -0.480 e. The predicted octanol–water partition coefficient (Wildman–Crippen LogP) is 3.70. The van der Waals surface area contributed by atoms with Gasteiger partial charge in [0.2, 0.25) is 5.91 Å². The molecule has 25 heavy (non-hydrogen) atoms. The maximum absolute atomic E-state index is 13.9. The highest BCUT2D eigenvalue weighted by atomic mass is 19.1. The fraction of sp³-hybridized carbons (Fsp3) is 0.579. The molecular weight excluding hydrogens is 328 g/mol. The normalized spacial score (nSPS) is 27.0. The number of halogens is 2. The standard InChI is InChI=1S/C19H23F2NO3/c1-11(14-7-6-13(20)10-15(14)21)8-18(23)22-16-5-3-2-4-12(16)9-17(22)19(24)25/h6-7,10-12,16-17H,2-5,8-9H2,1H3,(H,24,25). The van der Waals surface area contributed by atoms with Gasteiger partial charge in [0.25, 0.3) is 0 Å². The number of carbonyl (C=O) groups is 2. The molecule has 4 nitrogen and oxygen atoms in total. The lowest BCUT2D eigenvalue weighted by molar-refractivity contribution is -0.150. The summed E-state index contributed by atoms with van der Waals surface area (Å²) in [6.07, 6.45) is 4.40. The van der Waals surface area contributed by atoms with Crippen LogP contribution in [0.4, 0.5) is 8.78 Å². The number of benzene rings is 1. The third kappa shape index (κ3) is 3.53. The molecule has 3 rings (SSSR count). The van der Waals surface area contributed by atoms with Crippen molar-refractivity contribution in [2.75, 3.05) is 0 Å². The number of fused-ring (bicyclic) bond motifs is 1. The molecule has 1 N–H and O–H groups in total. The third-order valence-electron chi connectivity index (χ3n) is 5.64. The van der Waals surface area contributed by atoms with Crippen LogP contribution in [-0.4, -0.2) is 34.0 Å². The summed E-state index contributed by atoms with van der Waals surface area (Å²) in [5.74, 6) is -2.74. The van der Waals surface area contributed by atoms with E-state index in [0.717, 1.165) is 31.7 Å². The van der Waals surface area contributed by atoms with Gasteiger partial charge in [0.05, 0.1) is 0 Å². The molecular formula is C19H23F2NO3. The number of rotatable bonds is 4. The fourth-order valence-electron chi connectivity index (χ4n) is 4.42. The van der Waals surface area contributed by atoms with E-state index in [4.69, 9.17) is 0 Å². The first-order valence-corrected chi connectivity index (χ1v) is 8.87. The quantitative estimate of drug-likeness (QED) is 0.900. The van der Waals surface area contributed by atoms with Crippen LogP contribution >= 0.6 is 0 Å². The molecule has 0 spiro atoms. The molecule has 136 valence electrons. The van der Waals surface area contributed by atoms with Crippen molar-refractivity contribution in [3.63, 3.8) is 0 Å². The van der Waals surface area contributed by atoms with Gasteiger partial charge in [-0.25, -0.2) is 13.6 Å². The molecule has 1 saturated carbocycles. The van der Waals surface area contributed by atoms with Gasteiger partial charge in [-0.1, -0.05) is 25.8 Å². The van der Waals surface area contributed by atoms with Gasteiger partial charge in [0.1, 0.15) is 17.7 Å². The Hall–Kier alpha value is -1.98. The number of carboxylic acid groups (broad SMARTS) is 1. The number of hydrogen-bond donors (Lipinski definition) is 1. The molecule has 6 heteroatoms. The Morgan fingerprint density at radius 1 is 1.28 bits per heavy atom. The first kappa shape index (κ1) is 17.8. The lowest BCUT2D eigenvalue weighted by Gasteiger charge is -2.33. The summed E-state index contributed by atoms with van der Waals surface area (Å²) in [5.41, 5.74) is 0.279. The van der Waals surface area contributed by atoms with E-state index < -0.39 is 29.6 Å². The van der Waals surface area contributed by atoms with Crippen LogP contribution in [-0.2, 0) is 9.59 Å². The van der Waals surface area contributed by atoms with Gasteiger partial charge in [-0.3, -0.25) is 4.79 Å². The number of hydrogen-bond acceptors (Lipinski definition) is 2. The number of amides is 1. The average Bonchev–Trinajstić information content (AvgIpc) is 2.94. The van der Waals surface area contributed by atoms with Crippen LogP contribution < -0.4 is 0 Å². The molecule has 0 aromatic heterocycles. The van der Waals surface area contributed by atoms with Gasteiger partial charge in [-0.15, -0.1) is 0 Å². The average molecular weight is 351 g/mol. The van der Waals surface area contributed by atoms with Crippen LogP contribution in [0, 0.1) is 17.6 Å². The molecule has 4 atom stereocenters. The van der Waals surface area contributed by atoms with Gasteiger partial charge < -0.3 is 10.0 Å². The second kappa shape index (κ2) is 7.10. The predicted molar refractivity (Wildman–Crippen MR) is 88.0 cm³/mol. The highest BCUT2D eigenvalue weighted by Crippen LogP contribution is 2.40. The molecule has 2 fully saturated rings. The molecule has 2 aliphatic rings. The van der Waals surface area contributed by atoms with Gasteiger partial charge in [0, 0.05) is 18.5 Å². The van der Waals surface area contributed by atoms with Crippen molar-refractivity contribution in [1.82, 2.24) is 4.90 Å². The molecule has 0 radical (unpaired) electrons. The molecule has 1 aromatic carbocycles. The van der Waals surface area contributed by atoms with Gasteiger partial charge >= 0.3 is 5.97 Å². The maximum Gasteiger partial charge on any atom is 0.326 e. The summed E-state index contributed by atoms with van der Waals surface area (Å²) < 4.78 is 27.0. The second-order valence-corrected chi connectivity index (χ2v) is 7.27. The maximum atomic E-state index is 13.9. The van der Waals surface area contributed by atoms with Crippen LogP contribution in [0.25, 0.3) is 0 Å². The Balaban J connectivity index is 1.77. The second-order valence-electron chi connectivity index (χ2n) is 7.27. The Labute approximate surface area is 145 Å². The summed E-state index contributed by atoms with van der Waals surface area (Å²) in [4.78, 5) is 26.0. The summed E-state index contributed by atoms with van der Waals surface area (Å²) in [6.45, 7) is 1.71. The first-order chi connectivity index (χ1) is 11.9. The van der Waals surface area contributed by atoms with Crippen molar-refractivity contribution in [2.24, 2.45) is 5.92 Å². The van der Waals surface area contributed by atoms with E-state index in [1.165, 1.54) is 17.0 Å². The van der Waals surface area contributed by atoms with Crippen molar-refractivity contribution >= 4 is 11.9 Å². The summed E-state index contributed by atoms with van der Waals surface area (Å²) in [5, 5.41) is 9.51. The molecule has 0 bridgehead atoms. The zero-order valence-corrected chi connectivity index (χ0v) is 14.3. The van der Waals surface area contributed by atoms with Crippen molar-refractivity contribution < 1.29 is 23.5 Å². The number of aliphatic carboxylic acids is 1. The first-order valence-electron chi connectivity index (χ1n) is 8.87. The smallest absolute Gasteiger partial charge is 0.326 e. The monoisotopic (exact) mass is 351 g/mol. The van der Waals surface area contributed by atoms with Crippen LogP contribution in [0.15, 0.2) is 18.2 Å². The Morgan fingerprint density at radius 2 is 2.00 bits per heavy atom. The number of likely N-dealkylation sites (tertiary alicyclic amines) is 1. The lowest BCUT2D eigenvalue weighted by Crippen LogP contribution is -2.46. The zero-order valence-electron chi connectivity index (χ0n) is 14.3. The van der Waals surface area contributed by atoms with Crippen molar-refractivity contribution in [3.05, 3.63) is 35.4 Å². The number of carbonyl (C=O) groups excluding carboxylic acids is 1. The Morgan fingerprint density at radius 3 is 2.68 bits per heavy atom. The van der Waals surface area contributed by atoms with Crippen LogP contribution in [0.2, 0.25) is 0 Å². The van der Waals surface area contributed by atoms with Crippen LogP contribution in [0.1, 0.15) is 56.9 Å². The molecule has 1 aliphatic carbocycles. The van der Waals surface area contributed by atoms with Gasteiger partial charge in [0.15, 0.2) is 0 Å². The Bertz CT molecular complexity index is 679. The van der Waals surface area contributed by atoms with Gasteiger partial charge in [-0.05, 0) is 42.7 Å². The molecule has 1 amide bonds. The van der Waals surface area contributed by atoms with E-state index in [-0.39, 0.29) is 29.9 Å². The third-order valence-corrected chi connectivity index (χ3v) is 5.64. The summed E-state index contributed by atoms with van der Waals surface area (Å²) >= 11 is 0. The fourth-order valence-corrected chi connectivity index (χ4v) is 4.42. The van der Waals surface area contributed by atoms with E-state index in [1.807, 2.05) is 0 Å². The van der Waals surface area contributed by atoms with Crippen LogP contribution in [0.5, 0.6) is 0 Å². The van der Waals surface area contributed by atoms with E-state index >= 15 is 0 Å². The largest absolute Gasteiger partial charge is 0.480 e. The highest BCUT2D eigenvalue weighted by molar-refractivity contribution is 5.85.